The molecule has 0 amide bonds. The van der Waals surface area contributed by atoms with E-state index in [2.05, 4.69) is 11.6 Å². The maximum absolute atomic E-state index is 6.07. The topological polar surface area (TPSA) is 12.4 Å². The van der Waals surface area contributed by atoms with E-state index in [9.17, 15) is 0 Å². The molecule has 0 bridgehead atoms. The van der Waals surface area contributed by atoms with E-state index in [0.29, 0.717) is 16.5 Å². The normalized spacial score (nSPS) is 10.6. The first kappa shape index (κ1) is 14.0. The zero-order chi connectivity index (χ0) is 12.8. The van der Waals surface area contributed by atoms with Crippen LogP contribution in [0.5, 0.6) is 0 Å². The molecule has 0 heterocycles. The van der Waals surface area contributed by atoms with Crippen LogP contribution in [0.1, 0.15) is 19.4 Å². The van der Waals surface area contributed by atoms with Crippen LogP contribution in [0.4, 0.5) is 0 Å². The van der Waals surface area contributed by atoms with Gasteiger partial charge >= 0.3 is 0 Å². The van der Waals surface area contributed by atoms with E-state index < -0.39 is 0 Å². The molecule has 90 valence electrons. The molecular formula is C14H15Cl2N. The summed E-state index contributed by atoms with van der Waals surface area (Å²) in [6, 6.07) is 5.45. The molecule has 0 unspecified atom stereocenters. The van der Waals surface area contributed by atoms with Gasteiger partial charge in [0, 0.05) is 28.4 Å². The van der Waals surface area contributed by atoms with Crippen LogP contribution in [0, 0.1) is 0 Å². The Morgan fingerprint density at radius 1 is 1.29 bits per heavy atom. The molecule has 0 spiro atoms. The minimum atomic E-state index is 0.561. The minimum Gasteiger partial charge on any atom is -0.262 e. The summed E-state index contributed by atoms with van der Waals surface area (Å²) in [5.41, 5.74) is 2.80. The average Bonchev–Trinajstić information content (AvgIpc) is 2.23. The average molecular weight is 268 g/mol. The first-order valence-corrected chi connectivity index (χ1v) is 6.04. The number of aliphatic imine (C=N–C) groups is 1. The molecule has 0 saturated heterocycles. The van der Waals surface area contributed by atoms with Crippen molar-refractivity contribution < 1.29 is 0 Å². The van der Waals surface area contributed by atoms with Gasteiger partial charge in [-0.1, -0.05) is 41.4 Å². The predicted molar refractivity (Wildman–Crippen MR) is 77.2 cm³/mol. The van der Waals surface area contributed by atoms with E-state index >= 15 is 0 Å². The summed E-state index contributed by atoms with van der Waals surface area (Å²) >= 11 is 12.1. The molecule has 17 heavy (non-hydrogen) atoms. The van der Waals surface area contributed by atoms with Crippen molar-refractivity contribution in [1.82, 2.24) is 0 Å². The van der Waals surface area contributed by atoms with Crippen molar-refractivity contribution in [3.8, 4) is 0 Å². The fourth-order valence-corrected chi connectivity index (χ4v) is 1.77. The number of halogens is 2. The molecule has 0 atom stereocenters. The van der Waals surface area contributed by atoms with E-state index in [1.807, 2.05) is 38.1 Å². The second-order valence-corrected chi connectivity index (χ2v) is 4.78. The number of benzene rings is 1. The second kappa shape index (κ2) is 6.63. The van der Waals surface area contributed by atoms with Gasteiger partial charge in [0.05, 0.1) is 0 Å². The quantitative estimate of drug-likeness (QED) is 0.675. The molecule has 0 radical (unpaired) electrons. The zero-order valence-electron chi connectivity index (χ0n) is 10.0. The summed E-state index contributed by atoms with van der Waals surface area (Å²) in [6.45, 7) is 7.91. The van der Waals surface area contributed by atoms with E-state index in [-0.39, 0.29) is 0 Å². The number of allylic oxidation sites excluding steroid dienone is 3. The SMILES string of the molecule is C=C(Cc1c(Cl)cccc1Cl)N=CC=C(C)C. The molecule has 1 aromatic rings. The van der Waals surface area contributed by atoms with Crippen LogP contribution in [0.3, 0.4) is 0 Å². The molecule has 0 aliphatic heterocycles. The van der Waals surface area contributed by atoms with Crippen LogP contribution >= 0.6 is 23.2 Å². The summed E-state index contributed by atoms with van der Waals surface area (Å²) in [4.78, 5) is 4.23. The van der Waals surface area contributed by atoms with Crippen molar-refractivity contribution in [2.24, 2.45) is 4.99 Å². The molecule has 1 aromatic carbocycles. The summed E-state index contributed by atoms with van der Waals surface area (Å²) < 4.78 is 0. The first-order chi connectivity index (χ1) is 8.00. The van der Waals surface area contributed by atoms with E-state index in [1.165, 1.54) is 5.57 Å². The lowest BCUT2D eigenvalue weighted by Gasteiger charge is -2.05. The number of hydrogen-bond donors (Lipinski definition) is 0. The Morgan fingerprint density at radius 2 is 1.88 bits per heavy atom. The van der Waals surface area contributed by atoms with E-state index in [4.69, 9.17) is 23.2 Å². The highest BCUT2D eigenvalue weighted by Crippen LogP contribution is 2.26. The van der Waals surface area contributed by atoms with Gasteiger partial charge in [0.1, 0.15) is 0 Å². The highest BCUT2D eigenvalue weighted by atomic mass is 35.5. The number of hydrogen-bond acceptors (Lipinski definition) is 1. The van der Waals surface area contributed by atoms with Crippen molar-refractivity contribution in [3.05, 3.63) is 57.7 Å². The van der Waals surface area contributed by atoms with Gasteiger partial charge in [-0.3, -0.25) is 4.99 Å². The lowest BCUT2D eigenvalue weighted by Crippen LogP contribution is -1.90. The molecule has 0 aliphatic rings. The standard InChI is InChI=1S/C14H15Cl2N/c1-10(2)7-8-17-11(3)9-12-13(15)5-4-6-14(12)16/h4-8H,3,9H2,1-2H3. The van der Waals surface area contributed by atoms with Gasteiger partial charge in [-0.05, 0) is 37.6 Å². The van der Waals surface area contributed by atoms with Crippen LogP contribution in [0.25, 0.3) is 0 Å². The van der Waals surface area contributed by atoms with Crippen molar-refractivity contribution in [2.45, 2.75) is 20.3 Å². The van der Waals surface area contributed by atoms with E-state index in [0.717, 1.165) is 11.3 Å². The van der Waals surface area contributed by atoms with Gasteiger partial charge in [-0.2, -0.15) is 0 Å². The third kappa shape index (κ3) is 4.76. The molecule has 0 aromatic heterocycles. The van der Waals surface area contributed by atoms with Gasteiger partial charge in [-0.25, -0.2) is 0 Å². The van der Waals surface area contributed by atoms with Gasteiger partial charge in [0.2, 0.25) is 0 Å². The molecule has 3 heteroatoms. The Hall–Kier alpha value is -1.05. The number of rotatable bonds is 4. The summed E-state index contributed by atoms with van der Waals surface area (Å²) in [7, 11) is 0. The zero-order valence-corrected chi connectivity index (χ0v) is 11.5. The molecule has 0 fully saturated rings. The van der Waals surface area contributed by atoms with E-state index in [1.54, 1.807) is 6.21 Å². The Morgan fingerprint density at radius 3 is 2.41 bits per heavy atom. The maximum Gasteiger partial charge on any atom is 0.0456 e. The molecular weight excluding hydrogens is 253 g/mol. The van der Waals surface area contributed by atoms with Gasteiger partial charge in [-0.15, -0.1) is 0 Å². The van der Waals surface area contributed by atoms with Crippen molar-refractivity contribution in [3.63, 3.8) is 0 Å². The Labute approximate surface area is 112 Å². The van der Waals surface area contributed by atoms with Crippen molar-refractivity contribution in [2.75, 3.05) is 0 Å². The van der Waals surface area contributed by atoms with Crippen molar-refractivity contribution >= 4 is 29.4 Å². The van der Waals surface area contributed by atoms with Gasteiger partial charge in [0.25, 0.3) is 0 Å². The van der Waals surface area contributed by atoms with Gasteiger partial charge < -0.3 is 0 Å². The lowest BCUT2D eigenvalue weighted by molar-refractivity contribution is 1.12. The second-order valence-electron chi connectivity index (χ2n) is 3.97. The summed E-state index contributed by atoms with van der Waals surface area (Å²) in [5, 5.41) is 1.30. The fourth-order valence-electron chi connectivity index (χ4n) is 1.24. The van der Waals surface area contributed by atoms with Crippen LogP contribution in [-0.2, 0) is 6.42 Å². The van der Waals surface area contributed by atoms with Crippen LogP contribution in [-0.4, -0.2) is 6.21 Å². The summed E-state index contributed by atoms with van der Waals surface area (Å²) in [5.74, 6) is 0. The van der Waals surface area contributed by atoms with Crippen LogP contribution in [0.2, 0.25) is 10.0 Å². The summed E-state index contributed by atoms with van der Waals surface area (Å²) in [6.07, 6.45) is 4.23. The smallest absolute Gasteiger partial charge is 0.0456 e. The minimum absolute atomic E-state index is 0.561. The van der Waals surface area contributed by atoms with Gasteiger partial charge in [0.15, 0.2) is 0 Å². The third-order valence-corrected chi connectivity index (χ3v) is 2.82. The first-order valence-electron chi connectivity index (χ1n) is 5.29. The molecule has 0 saturated carbocycles. The lowest BCUT2D eigenvalue weighted by atomic mass is 10.1. The molecule has 1 rings (SSSR count). The maximum atomic E-state index is 6.07. The predicted octanol–water partition coefficient (Wildman–Crippen LogP) is 5.09. The Kier molecular flexibility index (Phi) is 5.46. The molecule has 0 aliphatic carbocycles. The highest BCUT2D eigenvalue weighted by Gasteiger charge is 2.05. The highest BCUT2D eigenvalue weighted by molar-refractivity contribution is 6.36. The largest absolute Gasteiger partial charge is 0.262 e. The Balaban J connectivity index is 2.75. The molecule has 1 nitrogen and oxygen atoms in total. The third-order valence-electron chi connectivity index (χ3n) is 2.11. The number of nitrogens with zero attached hydrogens (tertiary/aromatic N) is 1. The Bertz CT molecular complexity index is 449. The van der Waals surface area contributed by atoms with Crippen LogP contribution in [0.15, 0.2) is 47.1 Å². The van der Waals surface area contributed by atoms with Crippen molar-refractivity contribution in [1.29, 1.82) is 0 Å². The van der Waals surface area contributed by atoms with Crippen LogP contribution < -0.4 is 0 Å². The molecule has 0 N–H and O–H groups in total. The monoisotopic (exact) mass is 267 g/mol. The fraction of sp³-hybridized carbons (Fsp3) is 0.214.